The largest absolute Gasteiger partial charge is 0.322 e. The van der Waals surface area contributed by atoms with E-state index < -0.39 is 0 Å². The van der Waals surface area contributed by atoms with Crippen LogP contribution in [0.25, 0.3) is 0 Å². The molecule has 0 saturated carbocycles. The van der Waals surface area contributed by atoms with E-state index in [0.29, 0.717) is 19.0 Å². The Morgan fingerprint density at radius 1 is 1.12 bits per heavy atom. The number of rotatable bonds is 10. The number of hydrogen-bond acceptors (Lipinski definition) is 2. The first-order valence-corrected chi connectivity index (χ1v) is 5.35. The molecule has 0 aromatic carbocycles. The molecule has 0 heterocycles. The molecule has 0 aliphatic carbocycles. The fraction of sp³-hybridized carbons (Fsp3) is 0.500. The van der Waals surface area contributed by atoms with Crippen molar-refractivity contribution >= 4 is 12.8 Å². The number of hydrogen-bond donors (Lipinski definition) is 0. The fourth-order valence-electron chi connectivity index (χ4n) is 1.42. The Kier molecular flexibility index (Phi) is 7.85. The van der Waals surface area contributed by atoms with Crippen LogP contribution in [0.1, 0.15) is 19.8 Å². The van der Waals surface area contributed by atoms with Crippen molar-refractivity contribution in [3.05, 3.63) is 25.6 Å². The van der Waals surface area contributed by atoms with Crippen LogP contribution in [-0.2, 0) is 9.59 Å². The standard InChI is InChI=1S/C12H20N2O2/c1-4-13(10-15)8-6-7-12(3)9-14(5-2)11-16/h4-5,10-12H,1-2,6-9H2,3H3. The molecule has 0 bridgehead atoms. The Morgan fingerprint density at radius 2 is 1.69 bits per heavy atom. The van der Waals surface area contributed by atoms with Gasteiger partial charge in [-0.25, -0.2) is 0 Å². The molecule has 16 heavy (non-hydrogen) atoms. The summed E-state index contributed by atoms with van der Waals surface area (Å²) in [5, 5.41) is 0. The normalized spacial score (nSPS) is 11.3. The molecule has 0 aromatic heterocycles. The third kappa shape index (κ3) is 6.01. The van der Waals surface area contributed by atoms with Gasteiger partial charge in [-0.1, -0.05) is 20.1 Å². The van der Waals surface area contributed by atoms with Gasteiger partial charge in [-0.2, -0.15) is 0 Å². The monoisotopic (exact) mass is 224 g/mol. The Balaban J connectivity index is 3.75. The predicted molar refractivity (Wildman–Crippen MR) is 64.3 cm³/mol. The maximum Gasteiger partial charge on any atom is 0.213 e. The summed E-state index contributed by atoms with van der Waals surface area (Å²) >= 11 is 0. The molecule has 1 atom stereocenters. The van der Waals surface area contributed by atoms with E-state index in [-0.39, 0.29) is 0 Å². The lowest BCUT2D eigenvalue weighted by atomic mass is 10.1. The smallest absolute Gasteiger partial charge is 0.213 e. The maximum atomic E-state index is 10.5. The third-order valence-electron chi connectivity index (χ3n) is 2.38. The summed E-state index contributed by atoms with van der Waals surface area (Å²) in [7, 11) is 0. The molecule has 1 unspecified atom stereocenters. The summed E-state index contributed by atoms with van der Waals surface area (Å²) in [6.07, 6.45) is 6.42. The highest BCUT2D eigenvalue weighted by Crippen LogP contribution is 2.08. The van der Waals surface area contributed by atoms with Crippen molar-refractivity contribution in [1.29, 1.82) is 0 Å². The van der Waals surface area contributed by atoms with Crippen molar-refractivity contribution in [2.24, 2.45) is 5.92 Å². The highest BCUT2D eigenvalue weighted by Gasteiger charge is 2.06. The molecule has 4 nitrogen and oxygen atoms in total. The summed E-state index contributed by atoms with van der Waals surface area (Å²) < 4.78 is 0. The van der Waals surface area contributed by atoms with Crippen LogP contribution in [0.15, 0.2) is 25.6 Å². The van der Waals surface area contributed by atoms with E-state index in [1.165, 1.54) is 22.2 Å². The second kappa shape index (κ2) is 8.71. The van der Waals surface area contributed by atoms with E-state index in [0.717, 1.165) is 25.7 Å². The summed E-state index contributed by atoms with van der Waals surface area (Å²) in [5.74, 6) is 0.390. The summed E-state index contributed by atoms with van der Waals surface area (Å²) in [5.41, 5.74) is 0. The van der Waals surface area contributed by atoms with Crippen LogP contribution < -0.4 is 0 Å². The van der Waals surface area contributed by atoms with Gasteiger partial charge < -0.3 is 9.80 Å². The average Bonchev–Trinajstić information content (AvgIpc) is 2.31. The van der Waals surface area contributed by atoms with Crippen LogP contribution in [0.3, 0.4) is 0 Å². The van der Waals surface area contributed by atoms with Crippen molar-refractivity contribution in [3.8, 4) is 0 Å². The van der Waals surface area contributed by atoms with Crippen molar-refractivity contribution < 1.29 is 9.59 Å². The van der Waals surface area contributed by atoms with E-state index in [4.69, 9.17) is 0 Å². The highest BCUT2D eigenvalue weighted by molar-refractivity contribution is 5.49. The molecule has 0 aliphatic rings. The molecular weight excluding hydrogens is 204 g/mol. The number of carbonyl (C=O) groups is 2. The number of amides is 2. The minimum absolute atomic E-state index is 0.390. The van der Waals surface area contributed by atoms with Gasteiger partial charge in [-0.05, 0) is 31.2 Å². The lowest BCUT2D eigenvalue weighted by Crippen LogP contribution is -2.23. The maximum absolute atomic E-state index is 10.5. The van der Waals surface area contributed by atoms with E-state index in [2.05, 4.69) is 20.1 Å². The second-order valence-corrected chi connectivity index (χ2v) is 3.76. The van der Waals surface area contributed by atoms with Crippen LogP contribution in [0, 0.1) is 5.92 Å². The van der Waals surface area contributed by atoms with Gasteiger partial charge in [0, 0.05) is 13.1 Å². The minimum Gasteiger partial charge on any atom is -0.322 e. The quantitative estimate of drug-likeness (QED) is 0.529. The summed E-state index contributed by atoms with van der Waals surface area (Å²) in [6.45, 7) is 10.5. The molecule has 4 heteroatoms. The predicted octanol–water partition coefficient (Wildman–Crippen LogP) is 1.61. The van der Waals surface area contributed by atoms with E-state index >= 15 is 0 Å². The lowest BCUT2D eigenvalue weighted by molar-refractivity contribution is -0.116. The van der Waals surface area contributed by atoms with E-state index in [1.54, 1.807) is 0 Å². The van der Waals surface area contributed by atoms with Crippen molar-refractivity contribution in [1.82, 2.24) is 9.80 Å². The molecule has 0 spiro atoms. The van der Waals surface area contributed by atoms with Gasteiger partial charge in [0.2, 0.25) is 12.8 Å². The van der Waals surface area contributed by atoms with Crippen LogP contribution >= 0.6 is 0 Å². The summed E-state index contributed by atoms with van der Waals surface area (Å²) in [4.78, 5) is 24.0. The van der Waals surface area contributed by atoms with Gasteiger partial charge in [-0.15, -0.1) is 0 Å². The molecular formula is C12H20N2O2. The highest BCUT2D eigenvalue weighted by atomic mass is 16.1. The first-order chi connectivity index (χ1) is 7.67. The molecule has 0 aromatic rings. The molecule has 0 saturated heterocycles. The van der Waals surface area contributed by atoms with Crippen molar-refractivity contribution in [3.63, 3.8) is 0 Å². The van der Waals surface area contributed by atoms with Gasteiger partial charge >= 0.3 is 0 Å². The first-order valence-electron chi connectivity index (χ1n) is 5.35. The molecule has 90 valence electrons. The zero-order valence-corrected chi connectivity index (χ0v) is 9.84. The van der Waals surface area contributed by atoms with Crippen LogP contribution in [0.5, 0.6) is 0 Å². The second-order valence-electron chi connectivity index (χ2n) is 3.76. The molecule has 0 rings (SSSR count). The molecule has 0 aliphatic heterocycles. The van der Waals surface area contributed by atoms with Gasteiger partial charge in [0.15, 0.2) is 0 Å². The molecule has 0 N–H and O–H groups in total. The van der Waals surface area contributed by atoms with Gasteiger partial charge in [-0.3, -0.25) is 9.59 Å². The van der Waals surface area contributed by atoms with Gasteiger partial charge in [0.25, 0.3) is 0 Å². The third-order valence-corrected chi connectivity index (χ3v) is 2.38. The minimum atomic E-state index is 0.390. The van der Waals surface area contributed by atoms with E-state index in [9.17, 15) is 9.59 Å². The Bertz CT molecular complexity index is 225. The van der Waals surface area contributed by atoms with E-state index in [1.807, 2.05) is 0 Å². The summed E-state index contributed by atoms with van der Waals surface area (Å²) in [6, 6.07) is 0. The SMILES string of the molecule is C=CN(C=O)CCCC(C)CN(C=C)C=O. The first kappa shape index (κ1) is 14.4. The lowest BCUT2D eigenvalue weighted by Gasteiger charge is -2.18. The Hall–Kier alpha value is -1.58. The van der Waals surface area contributed by atoms with Crippen molar-refractivity contribution in [2.45, 2.75) is 19.8 Å². The van der Waals surface area contributed by atoms with Crippen LogP contribution in [0.4, 0.5) is 0 Å². The molecule has 0 fully saturated rings. The van der Waals surface area contributed by atoms with Crippen LogP contribution in [-0.4, -0.2) is 35.7 Å². The molecule has 0 radical (unpaired) electrons. The topological polar surface area (TPSA) is 40.6 Å². The fourth-order valence-corrected chi connectivity index (χ4v) is 1.42. The zero-order chi connectivity index (χ0) is 12.4. The zero-order valence-electron chi connectivity index (χ0n) is 9.84. The molecule has 2 amide bonds. The Morgan fingerprint density at radius 3 is 2.12 bits per heavy atom. The van der Waals surface area contributed by atoms with Gasteiger partial charge in [0.1, 0.15) is 0 Å². The van der Waals surface area contributed by atoms with Crippen LogP contribution in [0.2, 0.25) is 0 Å². The number of nitrogens with zero attached hydrogens (tertiary/aromatic N) is 2. The average molecular weight is 224 g/mol. The number of carbonyl (C=O) groups excluding carboxylic acids is 2. The Labute approximate surface area is 97.2 Å². The van der Waals surface area contributed by atoms with Gasteiger partial charge in [0.05, 0.1) is 0 Å². The van der Waals surface area contributed by atoms with Crippen molar-refractivity contribution in [2.75, 3.05) is 13.1 Å².